The molecule has 0 saturated heterocycles. The van der Waals surface area contributed by atoms with Gasteiger partial charge in [-0.1, -0.05) is 43.5 Å². The second-order valence-electron chi connectivity index (χ2n) is 6.21. The number of rotatable bonds is 4. The fraction of sp³-hybridized carbons (Fsp3) is 0.529. The summed E-state index contributed by atoms with van der Waals surface area (Å²) < 4.78 is 0. The van der Waals surface area contributed by atoms with E-state index in [9.17, 15) is 10.1 Å². The molecule has 3 nitrogen and oxygen atoms in total. The van der Waals surface area contributed by atoms with Gasteiger partial charge in [-0.3, -0.25) is 4.79 Å². The number of nitrogens with one attached hydrogen (secondary N) is 1. The van der Waals surface area contributed by atoms with Crippen molar-refractivity contribution < 1.29 is 4.79 Å². The lowest BCUT2D eigenvalue weighted by Crippen LogP contribution is -2.39. The molecule has 2 unspecified atom stereocenters. The van der Waals surface area contributed by atoms with Gasteiger partial charge in [0, 0.05) is 5.02 Å². The molecular weight excluding hydrogens is 284 g/mol. The molecular formula is C17H21ClN2O. The molecule has 1 aliphatic carbocycles. The van der Waals surface area contributed by atoms with Crippen LogP contribution in [-0.4, -0.2) is 5.91 Å². The molecule has 0 radical (unpaired) electrons. The molecule has 1 aliphatic rings. The summed E-state index contributed by atoms with van der Waals surface area (Å²) in [5.74, 6) is -0.737. The molecule has 4 heteroatoms. The molecule has 1 fully saturated rings. The zero-order chi connectivity index (χ0) is 15.5. The standard InChI is InChI=1S/C17H21ClN2O/c1-12(13-5-7-14(18)8-6-13)20-16(21)15(11-19)17(2)9-3-4-10-17/h5-8,12,15H,3-4,9-10H2,1-2H3,(H,20,21). The molecule has 1 saturated carbocycles. The van der Waals surface area contributed by atoms with Crippen LogP contribution in [0, 0.1) is 22.7 Å². The molecule has 21 heavy (non-hydrogen) atoms. The molecule has 2 atom stereocenters. The van der Waals surface area contributed by atoms with Crippen LogP contribution in [0.5, 0.6) is 0 Å². The van der Waals surface area contributed by atoms with E-state index in [4.69, 9.17) is 11.6 Å². The second kappa shape index (κ2) is 6.49. The van der Waals surface area contributed by atoms with Crippen LogP contribution in [0.3, 0.4) is 0 Å². The van der Waals surface area contributed by atoms with Crippen LogP contribution >= 0.6 is 11.6 Å². The summed E-state index contributed by atoms with van der Waals surface area (Å²) in [7, 11) is 0. The van der Waals surface area contributed by atoms with E-state index in [1.807, 2.05) is 19.1 Å². The Labute approximate surface area is 131 Å². The van der Waals surface area contributed by atoms with Gasteiger partial charge in [0.2, 0.25) is 5.91 Å². The number of hydrogen-bond donors (Lipinski definition) is 1. The first-order valence-corrected chi connectivity index (χ1v) is 7.79. The third-order valence-corrected chi connectivity index (χ3v) is 4.81. The van der Waals surface area contributed by atoms with E-state index >= 15 is 0 Å². The lowest BCUT2D eigenvalue weighted by Gasteiger charge is -2.29. The summed E-state index contributed by atoms with van der Waals surface area (Å²) in [6.07, 6.45) is 4.12. The predicted octanol–water partition coefficient (Wildman–Crippen LogP) is 4.24. The van der Waals surface area contributed by atoms with Crippen molar-refractivity contribution in [3.8, 4) is 6.07 Å². The number of hydrogen-bond acceptors (Lipinski definition) is 2. The van der Waals surface area contributed by atoms with Gasteiger partial charge >= 0.3 is 0 Å². The highest BCUT2D eigenvalue weighted by atomic mass is 35.5. The smallest absolute Gasteiger partial charge is 0.238 e. The summed E-state index contributed by atoms with van der Waals surface area (Å²) in [5.41, 5.74) is 0.805. The van der Waals surface area contributed by atoms with Crippen molar-refractivity contribution in [1.29, 1.82) is 5.26 Å². The van der Waals surface area contributed by atoms with Crippen LogP contribution in [0.15, 0.2) is 24.3 Å². The van der Waals surface area contributed by atoms with Crippen LogP contribution in [0.4, 0.5) is 0 Å². The van der Waals surface area contributed by atoms with Crippen LogP contribution in [0.25, 0.3) is 0 Å². The Balaban J connectivity index is 2.05. The van der Waals surface area contributed by atoms with E-state index in [0.717, 1.165) is 31.2 Å². The minimum absolute atomic E-state index is 0.129. The average Bonchev–Trinajstić information content (AvgIpc) is 2.87. The highest BCUT2D eigenvalue weighted by Gasteiger charge is 2.41. The minimum Gasteiger partial charge on any atom is -0.348 e. The lowest BCUT2D eigenvalue weighted by molar-refractivity contribution is -0.127. The number of halogens is 1. The normalized spacial score (nSPS) is 19.5. The summed E-state index contributed by atoms with van der Waals surface area (Å²) >= 11 is 5.87. The molecule has 0 bridgehead atoms. The molecule has 2 rings (SSSR count). The van der Waals surface area contributed by atoms with E-state index in [1.54, 1.807) is 12.1 Å². The number of amides is 1. The summed E-state index contributed by atoms with van der Waals surface area (Å²) in [5, 5.41) is 13.0. The van der Waals surface area contributed by atoms with Crippen molar-refractivity contribution in [3.63, 3.8) is 0 Å². The van der Waals surface area contributed by atoms with E-state index in [1.165, 1.54) is 0 Å². The average molecular weight is 305 g/mol. The van der Waals surface area contributed by atoms with Crippen LogP contribution in [0.2, 0.25) is 5.02 Å². The quantitative estimate of drug-likeness (QED) is 0.904. The molecule has 1 aromatic carbocycles. The third-order valence-electron chi connectivity index (χ3n) is 4.56. The van der Waals surface area contributed by atoms with Gasteiger partial charge in [-0.15, -0.1) is 0 Å². The lowest BCUT2D eigenvalue weighted by atomic mass is 9.75. The molecule has 1 amide bonds. The highest BCUT2D eigenvalue weighted by Crippen LogP contribution is 2.44. The molecule has 0 aliphatic heterocycles. The maximum Gasteiger partial charge on any atom is 0.238 e. The Kier molecular flexibility index (Phi) is 4.90. The van der Waals surface area contributed by atoms with Gasteiger partial charge in [-0.05, 0) is 42.9 Å². The van der Waals surface area contributed by atoms with Gasteiger partial charge in [0.05, 0.1) is 12.1 Å². The zero-order valence-corrected chi connectivity index (χ0v) is 13.3. The number of carbonyl (C=O) groups excluding carboxylic acids is 1. The maximum atomic E-state index is 12.5. The Bertz CT molecular complexity index is 541. The molecule has 1 aromatic rings. The Morgan fingerprint density at radius 3 is 2.43 bits per heavy atom. The molecule has 1 N–H and O–H groups in total. The van der Waals surface area contributed by atoms with Gasteiger partial charge in [-0.2, -0.15) is 5.26 Å². The van der Waals surface area contributed by atoms with Crippen LogP contribution in [-0.2, 0) is 4.79 Å². The predicted molar refractivity (Wildman–Crippen MR) is 83.7 cm³/mol. The number of nitrogens with zero attached hydrogens (tertiary/aromatic N) is 1. The van der Waals surface area contributed by atoms with Crippen LogP contribution in [0.1, 0.15) is 51.1 Å². The zero-order valence-electron chi connectivity index (χ0n) is 12.5. The molecule has 0 heterocycles. The number of carbonyl (C=O) groups is 1. The van der Waals surface area contributed by atoms with Crippen molar-refractivity contribution in [2.45, 2.75) is 45.6 Å². The fourth-order valence-electron chi connectivity index (χ4n) is 3.13. The van der Waals surface area contributed by atoms with Crippen molar-refractivity contribution >= 4 is 17.5 Å². The maximum absolute atomic E-state index is 12.5. The first kappa shape index (κ1) is 15.9. The van der Waals surface area contributed by atoms with Gasteiger partial charge in [-0.25, -0.2) is 0 Å². The van der Waals surface area contributed by atoms with E-state index in [-0.39, 0.29) is 17.4 Å². The largest absolute Gasteiger partial charge is 0.348 e. The summed E-state index contributed by atoms with van der Waals surface area (Å²) in [6.45, 7) is 3.98. The van der Waals surface area contributed by atoms with Gasteiger partial charge < -0.3 is 5.32 Å². The Morgan fingerprint density at radius 1 is 1.33 bits per heavy atom. The first-order chi connectivity index (χ1) is 9.96. The van der Waals surface area contributed by atoms with Crippen molar-refractivity contribution in [2.24, 2.45) is 11.3 Å². The first-order valence-electron chi connectivity index (χ1n) is 7.42. The Morgan fingerprint density at radius 2 is 1.90 bits per heavy atom. The van der Waals surface area contributed by atoms with Gasteiger partial charge in [0.15, 0.2) is 0 Å². The van der Waals surface area contributed by atoms with Crippen molar-refractivity contribution in [3.05, 3.63) is 34.9 Å². The molecule has 112 valence electrons. The SMILES string of the molecule is CC(NC(=O)C(C#N)C1(C)CCCC1)c1ccc(Cl)cc1. The summed E-state index contributed by atoms with van der Waals surface area (Å²) in [4.78, 5) is 12.5. The van der Waals surface area contributed by atoms with Crippen molar-refractivity contribution in [1.82, 2.24) is 5.32 Å². The molecule has 0 aromatic heterocycles. The van der Waals surface area contributed by atoms with Crippen LogP contribution < -0.4 is 5.32 Å². The minimum atomic E-state index is -0.574. The fourth-order valence-corrected chi connectivity index (χ4v) is 3.26. The van der Waals surface area contributed by atoms with Gasteiger partial charge in [0.1, 0.15) is 5.92 Å². The van der Waals surface area contributed by atoms with Crippen molar-refractivity contribution in [2.75, 3.05) is 0 Å². The third kappa shape index (κ3) is 3.57. The second-order valence-corrected chi connectivity index (χ2v) is 6.64. The highest BCUT2D eigenvalue weighted by molar-refractivity contribution is 6.30. The topological polar surface area (TPSA) is 52.9 Å². The van der Waals surface area contributed by atoms with E-state index in [0.29, 0.717) is 5.02 Å². The molecule has 0 spiro atoms. The van der Waals surface area contributed by atoms with E-state index < -0.39 is 5.92 Å². The monoisotopic (exact) mass is 304 g/mol. The van der Waals surface area contributed by atoms with E-state index in [2.05, 4.69) is 18.3 Å². The number of nitriles is 1. The Hall–Kier alpha value is -1.53. The van der Waals surface area contributed by atoms with Gasteiger partial charge in [0.25, 0.3) is 0 Å². The summed E-state index contributed by atoms with van der Waals surface area (Å²) in [6, 6.07) is 9.49. The number of benzene rings is 1.